The van der Waals surface area contributed by atoms with Crippen LogP contribution in [0.5, 0.6) is 0 Å². The van der Waals surface area contributed by atoms with Crippen LogP contribution in [0, 0.1) is 5.92 Å². The molecule has 88 valence electrons. The van der Waals surface area contributed by atoms with E-state index < -0.39 is 0 Å². The molecule has 0 unspecified atom stereocenters. The Bertz CT molecular complexity index is 188. The van der Waals surface area contributed by atoms with Gasteiger partial charge in [0.1, 0.15) is 0 Å². The Morgan fingerprint density at radius 1 is 1.40 bits per heavy atom. The number of carbonyl (C=O) groups excluding carboxylic acids is 1. The lowest BCUT2D eigenvalue weighted by molar-refractivity contribution is -0.128. The fourth-order valence-electron chi connectivity index (χ4n) is 2.01. The molecule has 0 bridgehead atoms. The molecule has 0 spiro atoms. The van der Waals surface area contributed by atoms with Crippen LogP contribution in [-0.4, -0.2) is 25.2 Å². The summed E-state index contributed by atoms with van der Waals surface area (Å²) in [4.78, 5) is 11.9. The van der Waals surface area contributed by atoms with Crippen molar-refractivity contribution in [2.75, 3.05) is 13.2 Å². The van der Waals surface area contributed by atoms with E-state index in [1.54, 1.807) is 0 Å². The molecule has 0 saturated carbocycles. The van der Waals surface area contributed by atoms with Crippen molar-refractivity contribution in [2.45, 2.75) is 52.0 Å². The van der Waals surface area contributed by atoms with E-state index in [1.807, 2.05) is 0 Å². The minimum Gasteiger partial charge on any atom is -0.381 e. The van der Waals surface area contributed by atoms with Crippen LogP contribution in [0.15, 0.2) is 0 Å². The molecule has 0 aromatic heterocycles. The fourth-order valence-corrected chi connectivity index (χ4v) is 2.01. The van der Waals surface area contributed by atoms with Crippen LogP contribution in [0.25, 0.3) is 0 Å². The fraction of sp³-hybridized carbons (Fsp3) is 0.917. The van der Waals surface area contributed by atoms with Crippen LogP contribution < -0.4 is 5.32 Å². The van der Waals surface area contributed by atoms with Crippen LogP contribution in [-0.2, 0) is 9.53 Å². The Balaban J connectivity index is 2.31. The molecule has 1 amide bonds. The maximum atomic E-state index is 11.9. The van der Waals surface area contributed by atoms with Crippen molar-refractivity contribution in [1.82, 2.24) is 5.32 Å². The highest BCUT2D eigenvalue weighted by molar-refractivity contribution is 5.79. The highest BCUT2D eigenvalue weighted by Crippen LogP contribution is 2.15. The lowest BCUT2D eigenvalue weighted by Gasteiger charge is -2.24. The summed E-state index contributed by atoms with van der Waals surface area (Å²) in [5, 5.41) is 3.14. The number of nitrogens with one attached hydrogen (secondary N) is 1. The van der Waals surface area contributed by atoms with Crippen LogP contribution in [0.4, 0.5) is 0 Å². The van der Waals surface area contributed by atoms with Crippen molar-refractivity contribution in [2.24, 2.45) is 5.92 Å². The Kier molecular flexibility index (Phi) is 5.69. The third-order valence-corrected chi connectivity index (χ3v) is 3.07. The second kappa shape index (κ2) is 6.83. The van der Waals surface area contributed by atoms with Crippen LogP contribution in [0.1, 0.15) is 46.0 Å². The lowest BCUT2D eigenvalue weighted by Crippen LogP contribution is -2.40. The van der Waals surface area contributed by atoms with Gasteiger partial charge in [-0.1, -0.05) is 20.3 Å². The summed E-state index contributed by atoms with van der Waals surface area (Å²) in [6.07, 6.45) is 5.02. The molecule has 1 atom stereocenters. The standard InChI is InChI=1S/C12H23NO2/c1-3-5-11(4-2)13-12(14)10-6-8-15-9-7-10/h10-11H,3-9H2,1-2H3,(H,13,14)/t11-/m0/s1. The highest BCUT2D eigenvalue weighted by atomic mass is 16.5. The average Bonchev–Trinajstić information content (AvgIpc) is 2.29. The van der Waals surface area contributed by atoms with Gasteiger partial charge < -0.3 is 10.1 Å². The quantitative estimate of drug-likeness (QED) is 0.759. The second-order valence-electron chi connectivity index (χ2n) is 4.29. The Morgan fingerprint density at radius 2 is 2.07 bits per heavy atom. The molecule has 1 heterocycles. The van der Waals surface area contributed by atoms with Crippen molar-refractivity contribution in [3.05, 3.63) is 0 Å². The van der Waals surface area contributed by atoms with Gasteiger partial charge in [-0.2, -0.15) is 0 Å². The third-order valence-electron chi connectivity index (χ3n) is 3.07. The molecular weight excluding hydrogens is 190 g/mol. The Labute approximate surface area is 92.6 Å². The van der Waals surface area contributed by atoms with Crippen molar-refractivity contribution in [3.63, 3.8) is 0 Å². The van der Waals surface area contributed by atoms with Gasteiger partial charge in [-0.05, 0) is 25.7 Å². The maximum absolute atomic E-state index is 11.9. The smallest absolute Gasteiger partial charge is 0.223 e. The van der Waals surface area contributed by atoms with Crippen molar-refractivity contribution >= 4 is 5.91 Å². The molecule has 0 radical (unpaired) electrons. The summed E-state index contributed by atoms with van der Waals surface area (Å²) < 4.78 is 5.25. The van der Waals surface area contributed by atoms with Gasteiger partial charge in [-0.25, -0.2) is 0 Å². The zero-order valence-corrected chi connectivity index (χ0v) is 9.92. The normalized spacial score (nSPS) is 19.9. The van der Waals surface area contributed by atoms with E-state index in [1.165, 1.54) is 0 Å². The average molecular weight is 213 g/mol. The minimum absolute atomic E-state index is 0.185. The van der Waals surface area contributed by atoms with Crippen molar-refractivity contribution in [3.8, 4) is 0 Å². The summed E-state index contributed by atoms with van der Waals surface area (Å²) in [7, 11) is 0. The zero-order chi connectivity index (χ0) is 11.1. The summed E-state index contributed by atoms with van der Waals surface area (Å²) >= 11 is 0. The first-order chi connectivity index (χ1) is 7.27. The summed E-state index contributed by atoms with van der Waals surface area (Å²) in [5.41, 5.74) is 0. The van der Waals surface area contributed by atoms with E-state index in [0.29, 0.717) is 6.04 Å². The first kappa shape index (κ1) is 12.5. The van der Waals surface area contributed by atoms with Crippen LogP contribution >= 0.6 is 0 Å². The molecule has 1 N–H and O–H groups in total. The molecule has 15 heavy (non-hydrogen) atoms. The monoisotopic (exact) mass is 213 g/mol. The molecule has 3 heteroatoms. The summed E-state index contributed by atoms with van der Waals surface area (Å²) in [6, 6.07) is 0.366. The molecular formula is C12H23NO2. The van der Waals surface area contributed by atoms with Crippen LogP contribution in [0.2, 0.25) is 0 Å². The number of hydrogen-bond donors (Lipinski definition) is 1. The van der Waals surface area contributed by atoms with Crippen molar-refractivity contribution < 1.29 is 9.53 Å². The number of hydrogen-bond acceptors (Lipinski definition) is 2. The molecule has 3 nitrogen and oxygen atoms in total. The Hall–Kier alpha value is -0.570. The van der Waals surface area contributed by atoms with E-state index in [9.17, 15) is 4.79 Å². The minimum atomic E-state index is 0.185. The predicted molar refractivity (Wildman–Crippen MR) is 60.7 cm³/mol. The third kappa shape index (κ3) is 4.20. The number of rotatable bonds is 5. The zero-order valence-electron chi connectivity index (χ0n) is 9.92. The highest BCUT2D eigenvalue weighted by Gasteiger charge is 2.22. The van der Waals surface area contributed by atoms with E-state index in [2.05, 4.69) is 19.2 Å². The second-order valence-corrected chi connectivity index (χ2v) is 4.29. The SMILES string of the molecule is CCC[C@H](CC)NC(=O)C1CCOCC1. The molecule has 1 aliphatic heterocycles. The topological polar surface area (TPSA) is 38.3 Å². The van der Waals surface area contributed by atoms with E-state index in [0.717, 1.165) is 45.3 Å². The number of amides is 1. The maximum Gasteiger partial charge on any atom is 0.223 e. The van der Waals surface area contributed by atoms with Gasteiger partial charge in [-0.3, -0.25) is 4.79 Å². The van der Waals surface area contributed by atoms with Gasteiger partial charge in [0, 0.05) is 25.2 Å². The van der Waals surface area contributed by atoms with E-state index in [-0.39, 0.29) is 11.8 Å². The van der Waals surface area contributed by atoms with Gasteiger partial charge in [0.25, 0.3) is 0 Å². The van der Waals surface area contributed by atoms with Gasteiger partial charge >= 0.3 is 0 Å². The van der Waals surface area contributed by atoms with Gasteiger partial charge in [0.05, 0.1) is 0 Å². The number of ether oxygens (including phenoxy) is 1. The lowest BCUT2D eigenvalue weighted by atomic mass is 9.98. The molecule has 1 rings (SSSR count). The van der Waals surface area contributed by atoms with Gasteiger partial charge in [0.2, 0.25) is 5.91 Å². The molecule has 1 aliphatic rings. The molecule has 0 aliphatic carbocycles. The molecule has 0 aromatic rings. The van der Waals surface area contributed by atoms with Gasteiger partial charge in [0.15, 0.2) is 0 Å². The molecule has 0 aromatic carbocycles. The Morgan fingerprint density at radius 3 is 2.60 bits per heavy atom. The molecule has 1 fully saturated rings. The molecule has 1 saturated heterocycles. The predicted octanol–water partition coefficient (Wildman–Crippen LogP) is 2.11. The van der Waals surface area contributed by atoms with Crippen LogP contribution in [0.3, 0.4) is 0 Å². The first-order valence-corrected chi connectivity index (χ1v) is 6.16. The van der Waals surface area contributed by atoms with E-state index in [4.69, 9.17) is 4.74 Å². The first-order valence-electron chi connectivity index (χ1n) is 6.16. The number of carbonyl (C=O) groups is 1. The van der Waals surface area contributed by atoms with E-state index >= 15 is 0 Å². The summed E-state index contributed by atoms with van der Waals surface area (Å²) in [6.45, 7) is 5.76. The largest absolute Gasteiger partial charge is 0.381 e. The summed E-state index contributed by atoms with van der Waals surface area (Å²) in [5.74, 6) is 0.420. The van der Waals surface area contributed by atoms with Gasteiger partial charge in [-0.15, -0.1) is 0 Å². The van der Waals surface area contributed by atoms with Crippen molar-refractivity contribution in [1.29, 1.82) is 0 Å².